The normalized spacial score (nSPS) is 10.7. The quantitative estimate of drug-likeness (QED) is 0.868. The molecule has 2 rings (SSSR count). The van der Waals surface area contributed by atoms with Gasteiger partial charge in [-0.15, -0.1) is 11.8 Å². The summed E-state index contributed by atoms with van der Waals surface area (Å²) in [6.45, 7) is 4.89. The van der Waals surface area contributed by atoms with E-state index in [0.717, 1.165) is 29.3 Å². The van der Waals surface area contributed by atoms with E-state index >= 15 is 0 Å². The number of hydrogen-bond donors (Lipinski definition) is 1. The standard InChI is InChI=1S/C15H19N3S/c1-10-14(9-16-3)11(2)18-15(17-10)12-5-7-13(19-4)8-6-12/h5-8,16H,9H2,1-4H3. The van der Waals surface area contributed by atoms with Crippen molar-refractivity contribution in [1.82, 2.24) is 15.3 Å². The van der Waals surface area contributed by atoms with E-state index in [9.17, 15) is 0 Å². The van der Waals surface area contributed by atoms with Crippen molar-refractivity contribution in [2.45, 2.75) is 25.3 Å². The summed E-state index contributed by atoms with van der Waals surface area (Å²) in [4.78, 5) is 10.5. The molecular weight excluding hydrogens is 254 g/mol. The van der Waals surface area contributed by atoms with Gasteiger partial charge in [0.25, 0.3) is 0 Å². The third-order valence-electron chi connectivity index (χ3n) is 3.12. The van der Waals surface area contributed by atoms with Crippen LogP contribution in [0.25, 0.3) is 11.4 Å². The first-order valence-corrected chi connectivity index (χ1v) is 7.51. The van der Waals surface area contributed by atoms with E-state index in [4.69, 9.17) is 0 Å². The van der Waals surface area contributed by atoms with Gasteiger partial charge >= 0.3 is 0 Å². The molecule has 0 aliphatic rings. The van der Waals surface area contributed by atoms with Gasteiger partial charge in [-0.3, -0.25) is 0 Å². The summed E-state index contributed by atoms with van der Waals surface area (Å²) in [7, 11) is 1.94. The number of thioether (sulfide) groups is 1. The molecule has 0 aliphatic heterocycles. The number of hydrogen-bond acceptors (Lipinski definition) is 4. The van der Waals surface area contributed by atoms with Crippen LogP contribution in [0.4, 0.5) is 0 Å². The Bertz CT molecular complexity index is 541. The van der Waals surface area contributed by atoms with Crippen LogP contribution in [-0.2, 0) is 6.54 Å². The number of aryl methyl sites for hydroxylation is 2. The topological polar surface area (TPSA) is 37.8 Å². The van der Waals surface area contributed by atoms with Crippen LogP contribution in [0.5, 0.6) is 0 Å². The van der Waals surface area contributed by atoms with Crippen molar-refractivity contribution in [3.05, 3.63) is 41.2 Å². The Hall–Kier alpha value is -1.39. The second kappa shape index (κ2) is 6.17. The van der Waals surface area contributed by atoms with Crippen molar-refractivity contribution in [3.8, 4) is 11.4 Å². The van der Waals surface area contributed by atoms with Crippen LogP contribution in [0.1, 0.15) is 17.0 Å². The molecule has 0 radical (unpaired) electrons. The van der Waals surface area contributed by atoms with Crippen LogP contribution in [0.3, 0.4) is 0 Å². The lowest BCUT2D eigenvalue weighted by atomic mass is 10.1. The third kappa shape index (κ3) is 3.14. The van der Waals surface area contributed by atoms with Crippen molar-refractivity contribution in [3.63, 3.8) is 0 Å². The van der Waals surface area contributed by atoms with E-state index in [-0.39, 0.29) is 0 Å². The van der Waals surface area contributed by atoms with Crippen LogP contribution in [0.2, 0.25) is 0 Å². The average Bonchev–Trinajstić information content (AvgIpc) is 2.43. The van der Waals surface area contributed by atoms with E-state index in [1.54, 1.807) is 11.8 Å². The summed E-state index contributed by atoms with van der Waals surface area (Å²) in [5.74, 6) is 0.808. The molecule has 19 heavy (non-hydrogen) atoms. The molecule has 0 saturated heterocycles. The Morgan fingerprint density at radius 1 is 1.05 bits per heavy atom. The van der Waals surface area contributed by atoms with Gasteiger partial charge in [-0.25, -0.2) is 9.97 Å². The predicted octanol–water partition coefficient (Wildman–Crippen LogP) is 3.20. The molecule has 0 unspecified atom stereocenters. The Balaban J connectivity index is 2.39. The van der Waals surface area contributed by atoms with Crippen LogP contribution in [-0.4, -0.2) is 23.3 Å². The van der Waals surface area contributed by atoms with Gasteiger partial charge in [0, 0.05) is 34.0 Å². The zero-order valence-electron chi connectivity index (χ0n) is 11.8. The van der Waals surface area contributed by atoms with Gasteiger partial charge < -0.3 is 5.32 Å². The Morgan fingerprint density at radius 2 is 1.63 bits per heavy atom. The van der Waals surface area contributed by atoms with Gasteiger partial charge in [0.1, 0.15) is 0 Å². The number of nitrogens with one attached hydrogen (secondary N) is 1. The fourth-order valence-electron chi connectivity index (χ4n) is 2.04. The second-order valence-corrected chi connectivity index (χ2v) is 5.34. The lowest BCUT2D eigenvalue weighted by molar-refractivity contribution is 0.787. The monoisotopic (exact) mass is 273 g/mol. The summed E-state index contributed by atoms with van der Waals surface area (Å²) < 4.78 is 0. The molecule has 0 aliphatic carbocycles. The highest BCUT2D eigenvalue weighted by atomic mass is 32.2. The number of rotatable bonds is 4. The molecule has 0 spiro atoms. The van der Waals surface area contributed by atoms with Gasteiger partial charge in [-0.2, -0.15) is 0 Å². The van der Waals surface area contributed by atoms with Crippen LogP contribution in [0, 0.1) is 13.8 Å². The van der Waals surface area contributed by atoms with Gasteiger partial charge in [0.05, 0.1) is 0 Å². The van der Waals surface area contributed by atoms with Crippen molar-refractivity contribution >= 4 is 11.8 Å². The maximum Gasteiger partial charge on any atom is 0.159 e. The summed E-state index contributed by atoms with van der Waals surface area (Å²) >= 11 is 1.74. The summed E-state index contributed by atoms with van der Waals surface area (Å²) in [6.07, 6.45) is 2.08. The molecule has 0 fully saturated rings. The average molecular weight is 273 g/mol. The highest BCUT2D eigenvalue weighted by Gasteiger charge is 2.09. The van der Waals surface area contributed by atoms with E-state index in [2.05, 4.69) is 45.8 Å². The summed E-state index contributed by atoms with van der Waals surface area (Å²) in [6, 6.07) is 8.38. The molecule has 3 nitrogen and oxygen atoms in total. The molecule has 0 atom stereocenters. The minimum atomic E-state index is 0.808. The zero-order valence-corrected chi connectivity index (χ0v) is 12.6. The number of aromatic nitrogens is 2. The highest BCUT2D eigenvalue weighted by molar-refractivity contribution is 7.98. The Kier molecular flexibility index (Phi) is 4.56. The first-order valence-electron chi connectivity index (χ1n) is 6.29. The first-order chi connectivity index (χ1) is 9.15. The minimum Gasteiger partial charge on any atom is -0.316 e. The molecule has 0 amide bonds. The smallest absolute Gasteiger partial charge is 0.159 e. The predicted molar refractivity (Wildman–Crippen MR) is 81.5 cm³/mol. The van der Waals surface area contributed by atoms with Crippen LogP contribution < -0.4 is 5.32 Å². The van der Waals surface area contributed by atoms with Gasteiger partial charge in [-0.1, -0.05) is 12.1 Å². The first kappa shape index (κ1) is 14.0. The van der Waals surface area contributed by atoms with Crippen molar-refractivity contribution in [1.29, 1.82) is 0 Å². The van der Waals surface area contributed by atoms with Crippen molar-refractivity contribution in [2.24, 2.45) is 0 Å². The highest BCUT2D eigenvalue weighted by Crippen LogP contribution is 2.22. The summed E-state index contributed by atoms with van der Waals surface area (Å²) in [5.41, 5.74) is 4.35. The zero-order chi connectivity index (χ0) is 13.8. The van der Waals surface area contributed by atoms with Crippen molar-refractivity contribution < 1.29 is 0 Å². The van der Waals surface area contributed by atoms with Gasteiger partial charge in [0.2, 0.25) is 0 Å². The third-order valence-corrected chi connectivity index (χ3v) is 3.87. The van der Waals surface area contributed by atoms with Crippen LogP contribution >= 0.6 is 11.8 Å². The molecule has 100 valence electrons. The fourth-order valence-corrected chi connectivity index (χ4v) is 2.45. The molecule has 1 aromatic heterocycles. The van der Waals surface area contributed by atoms with E-state index in [0.29, 0.717) is 0 Å². The second-order valence-electron chi connectivity index (χ2n) is 4.46. The minimum absolute atomic E-state index is 0.808. The fraction of sp³-hybridized carbons (Fsp3) is 0.333. The van der Waals surface area contributed by atoms with E-state index < -0.39 is 0 Å². The Morgan fingerprint density at radius 3 is 2.11 bits per heavy atom. The molecule has 0 bridgehead atoms. The van der Waals surface area contributed by atoms with Crippen molar-refractivity contribution in [2.75, 3.05) is 13.3 Å². The SMILES string of the molecule is CNCc1c(C)nc(-c2ccc(SC)cc2)nc1C. The maximum absolute atomic E-state index is 4.62. The van der Waals surface area contributed by atoms with Crippen LogP contribution in [0.15, 0.2) is 29.2 Å². The molecule has 0 saturated carbocycles. The molecule has 1 N–H and O–H groups in total. The largest absolute Gasteiger partial charge is 0.316 e. The Labute approximate surface area is 118 Å². The lowest BCUT2D eigenvalue weighted by Crippen LogP contribution is -2.11. The molecule has 2 aromatic rings. The van der Waals surface area contributed by atoms with E-state index in [1.165, 1.54) is 10.5 Å². The lowest BCUT2D eigenvalue weighted by Gasteiger charge is -2.10. The van der Waals surface area contributed by atoms with Gasteiger partial charge in [0.15, 0.2) is 5.82 Å². The molecule has 1 aromatic carbocycles. The number of nitrogens with zero attached hydrogens (tertiary/aromatic N) is 2. The summed E-state index contributed by atoms with van der Waals surface area (Å²) in [5, 5.41) is 3.16. The molecule has 1 heterocycles. The van der Waals surface area contributed by atoms with E-state index in [1.807, 2.05) is 20.9 Å². The maximum atomic E-state index is 4.62. The van der Waals surface area contributed by atoms with Gasteiger partial charge in [-0.05, 0) is 39.3 Å². The molecule has 4 heteroatoms. The number of benzene rings is 1. The molecular formula is C15H19N3S.